The van der Waals surface area contributed by atoms with Crippen LogP contribution in [0.15, 0.2) is 73.1 Å². The van der Waals surface area contributed by atoms with Crippen LogP contribution in [0.2, 0.25) is 10.0 Å². The molecule has 0 spiro atoms. The van der Waals surface area contributed by atoms with Gasteiger partial charge < -0.3 is 10.8 Å². The number of nitro benzene ring substituents is 2. The molecule has 0 aliphatic heterocycles. The lowest BCUT2D eigenvalue weighted by Gasteiger charge is -2.05. The Morgan fingerprint density at radius 2 is 1.44 bits per heavy atom. The molecule has 0 bridgehead atoms. The third kappa shape index (κ3) is 9.64. The topological polar surface area (TPSA) is 192 Å². The van der Waals surface area contributed by atoms with Gasteiger partial charge in [-0.1, -0.05) is 41.4 Å². The number of benzene rings is 2. The Balaban J connectivity index is 0.000000236. The summed E-state index contributed by atoms with van der Waals surface area (Å²) >= 11 is 11.5. The van der Waals surface area contributed by atoms with Crippen molar-refractivity contribution in [3.63, 3.8) is 0 Å². The number of rotatable bonds is 6. The summed E-state index contributed by atoms with van der Waals surface area (Å²) in [6, 6.07) is 15.1. The molecule has 0 aliphatic carbocycles. The summed E-state index contributed by atoms with van der Waals surface area (Å²) in [6.45, 7) is 3.52. The zero-order valence-electron chi connectivity index (χ0n) is 21.7. The monoisotopic (exact) mass is 599 g/mol. The largest absolute Gasteiger partial charge is 0.477 e. The number of Topliss-reactive ketones (excluding diaryl/α,β-unsaturated/α-hetero) is 1. The number of hydrogen-bond donors (Lipinski definition) is 2. The van der Waals surface area contributed by atoms with Gasteiger partial charge in [0.15, 0.2) is 11.5 Å². The van der Waals surface area contributed by atoms with Gasteiger partial charge in [0.1, 0.15) is 10.7 Å². The van der Waals surface area contributed by atoms with Crippen LogP contribution in [0.5, 0.6) is 0 Å². The molecule has 3 N–H and O–H groups in total. The van der Waals surface area contributed by atoms with Crippen molar-refractivity contribution < 1.29 is 24.5 Å². The van der Waals surface area contributed by atoms with Crippen LogP contribution in [-0.4, -0.2) is 36.7 Å². The SMILES string of the molecule is Cc1cccnc1C(=O)Cc1ccc([N+](=O)[O-])cc1Cl.Cc1cccnc1C(=O)O.Nc1ccc([N+](=O)[O-])c(Cl)c1. The molecule has 2 aromatic heterocycles. The van der Waals surface area contributed by atoms with Crippen LogP contribution >= 0.6 is 23.2 Å². The van der Waals surface area contributed by atoms with Crippen LogP contribution in [-0.2, 0) is 6.42 Å². The van der Waals surface area contributed by atoms with Crippen molar-refractivity contribution >= 4 is 52.0 Å². The molecule has 0 saturated heterocycles. The maximum absolute atomic E-state index is 12.2. The Hall–Kier alpha value is -4.94. The molecule has 0 fully saturated rings. The fourth-order valence-corrected chi connectivity index (χ4v) is 3.71. The third-order valence-corrected chi connectivity index (χ3v) is 5.91. The Morgan fingerprint density at radius 3 is 1.88 bits per heavy atom. The molecule has 4 aromatic rings. The fraction of sp³-hybridized carbons (Fsp3) is 0.111. The van der Waals surface area contributed by atoms with Crippen molar-refractivity contribution in [3.05, 3.63) is 131 Å². The van der Waals surface area contributed by atoms with Gasteiger partial charge in [-0.15, -0.1) is 0 Å². The number of ketones is 1. The van der Waals surface area contributed by atoms with Crippen LogP contribution in [0.25, 0.3) is 0 Å². The molecule has 12 nitrogen and oxygen atoms in total. The minimum atomic E-state index is -0.974. The molecule has 0 radical (unpaired) electrons. The van der Waals surface area contributed by atoms with E-state index < -0.39 is 15.8 Å². The van der Waals surface area contributed by atoms with Gasteiger partial charge >= 0.3 is 5.97 Å². The highest BCUT2D eigenvalue weighted by molar-refractivity contribution is 6.33. The summed E-state index contributed by atoms with van der Waals surface area (Å²) in [7, 11) is 0. The molecule has 41 heavy (non-hydrogen) atoms. The van der Waals surface area contributed by atoms with Crippen LogP contribution < -0.4 is 5.73 Å². The zero-order chi connectivity index (χ0) is 30.7. The number of nitrogen functional groups attached to an aromatic ring is 1. The van der Waals surface area contributed by atoms with E-state index in [9.17, 15) is 29.8 Å². The number of aryl methyl sites for hydroxylation is 2. The van der Waals surface area contributed by atoms with Gasteiger partial charge in [-0.2, -0.15) is 0 Å². The highest BCUT2D eigenvalue weighted by atomic mass is 35.5. The molecule has 4 rings (SSSR count). The van der Waals surface area contributed by atoms with Gasteiger partial charge in [-0.05, 0) is 54.8 Å². The van der Waals surface area contributed by atoms with E-state index in [4.69, 9.17) is 34.0 Å². The number of aromatic nitrogens is 2. The number of halogens is 2. The molecular weight excluding hydrogens is 577 g/mol. The number of aromatic carboxylic acids is 1. The predicted octanol–water partition coefficient (Wildman–Crippen LogP) is 6.30. The van der Waals surface area contributed by atoms with Crippen molar-refractivity contribution in [1.82, 2.24) is 9.97 Å². The molecule has 0 saturated carbocycles. The zero-order valence-corrected chi connectivity index (χ0v) is 23.2. The van der Waals surface area contributed by atoms with Gasteiger partial charge in [0.2, 0.25) is 0 Å². The Bertz CT molecular complexity index is 1600. The standard InChI is InChI=1S/C14H11ClN2O3.C7H7NO2.C6H5ClN2O2/c1-9-3-2-6-16-14(9)13(18)7-10-4-5-11(17(19)20)8-12(10)15;1-5-3-2-4-8-6(5)7(9)10;7-5-3-4(8)1-2-6(5)9(10)11/h2-6,8H,7H2,1H3;2-4H,1H3,(H,9,10);1-3H,8H2. The average molecular weight is 600 g/mol. The number of non-ortho nitro benzene ring substituents is 1. The van der Waals surface area contributed by atoms with Crippen molar-refractivity contribution in [2.24, 2.45) is 0 Å². The van der Waals surface area contributed by atoms with Gasteiger partial charge in [0.05, 0.1) is 14.9 Å². The fourth-order valence-electron chi connectivity index (χ4n) is 3.21. The number of anilines is 1. The lowest BCUT2D eigenvalue weighted by molar-refractivity contribution is -0.385. The van der Waals surface area contributed by atoms with E-state index in [2.05, 4.69) is 9.97 Å². The number of carboxylic acid groups (broad SMARTS) is 1. The van der Waals surface area contributed by atoms with Crippen LogP contribution in [0.3, 0.4) is 0 Å². The van der Waals surface area contributed by atoms with Crippen molar-refractivity contribution in [1.29, 1.82) is 0 Å². The molecule has 0 aliphatic rings. The van der Waals surface area contributed by atoms with E-state index in [-0.39, 0.29) is 39.3 Å². The highest BCUT2D eigenvalue weighted by Gasteiger charge is 2.15. The number of carbonyl (C=O) groups is 2. The van der Waals surface area contributed by atoms with E-state index in [1.165, 1.54) is 42.6 Å². The average Bonchev–Trinajstić information content (AvgIpc) is 2.90. The summed E-state index contributed by atoms with van der Waals surface area (Å²) < 4.78 is 0. The van der Waals surface area contributed by atoms with E-state index in [1.54, 1.807) is 44.3 Å². The molecular formula is C27H23Cl2N5O7. The van der Waals surface area contributed by atoms with E-state index >= 15 is 0 Å². The number of pyridine rings is 2. The first-order valence-corrected chi connectivity index (χ1v) is 12.3. The number of hydrogen-bond acceptors (Lipinski definition) is 9. The van der Waals surface area contributed by atoms with Crippen LogP contribution in [0.4, 0.5) is 17.1 Å². The third-order valence-electron chi connectivity index (χ3n) is 5.25. The smallest absolute Gasteiger partial charge is 0.354 e. The number of nitrogens with two attached hydrogens (primary N) is 1. The van der Waals surface area contributed by atoms with Crippen molar-refractivity contribution in [2.75, 3.05) is 5.73 Å². The first-order chi connectivity index (χ1) is 19.3. The summed E-state index contributed by atoms with van der Waals surface area (Å²) in [6.07, 6.45) is 3.09. The lowest BCUT2D eigenvalue weighted by Crippen LogP contribution is -2.08. The van der Waals surface area contributed by atoms with Crippen LogP contribution in [0, 0.1) is 34.1 Å². The molecule has 0 unspecified atom stereocenters. The molecule has 14 heteroatoms. The van der Waals surface area contributed by atoms with E-state index in [0.29, 0.717) is 22.5 Å². The number of nitrogens with zero attached hydrogens (tertiary/aromatic N) is 4. The predicted molar refractivity (Wildman–Crippen MR) is 154 cm³/mol. The quantitative estimate of drug-likeness (QED) is 0.110. The van der Waals surface area contributed by atoms with Crippen molar-refractivity contribution in [3.8, 4) is 0 Å². The van der Waals surface area contributed by atoms with Gasteiger partial charge in [-0.3, -0.25) is 30.0 Å². The highest BCUT2D eigenvalue weighted by Crippen LogP contribution is 2.26. The van der Waals surface area contributed by atoms with Crippen molar-refractivity contribution in [2.45, 2.75) is 20.3 Å². The second-order valence-corrected chi connectivity index (χ2v) is 9.06. The minimum absolute atomic E-state index is 0.0642. The Kier molecular flexibility index (Phi) is 11.8. The lowest BCUT2D eigenvalue weighted by atomic mass is 10.0. The summed E-state index contributed by atoms with van der Waals surface area (Å²) in [5, 5.41) is 29.6. The first kappa shape index (κ1) is 32.3. The summed E-state index contributed by atoms with van der Waals surface area (Å²) in [4.78, 5) is 50.0. The molecule has 2 heterocycles. The second-order valence-electron chi connectivity index (χ2n) is 8.24. The Labute approximate surface area is 243 Å². The van der Waals surface area contributed by atoms with Gasteiger partial charge in [0, 0.05) is 42.7 Å². The minimum Gasteiger partial charge on any atom is -0.477 e. The number of carbonyl (C=O) groups excluding carboxylic acids is 1. The molecule has 212 valence electrons. The number of carboxylic acids is 1. The second kappa shape index (κ2) is 15.0. The number of nitro groups is 2. The van der Waals surface area contributed by atoms with Crippen LogP contribution in [0.1, 0.15) is 37.7 Å². The summed E-state index contributed by atoms with van der Waals surface area (Å²) in [5.74, 6) is -1.14. The Morgan fingerprint density at radius 1 is 0.854 bits per heavy atom. The summed E-state index contributed by atoms with van der Waals surface area (Å²) in [5.41, 5.74) is 8.06. The maximum Gasteiger partial charge on any atom is 0.354 e. The van der Waals surface area contributed by atoms with Gasteiger partial charge in [-0.25, -0.2) is 9.78 Å². The normalized spacial score (nSPS) is 9.85. The maximum atomic E-state index is 12.2. The van der Waals surface area contributed by atoms with E-state index in [1.807, 2.05) is 0 Å². The first-order valence-electron chi connectivity index (χ1n) is 11.5. The molecule has 2 aromatic carbocycles. The molecule has 0 amide bonds. The van der Waals surface area contributed by atoms with E-state index in [0.717, 1.165) is 5.56 Å². The van der Waals surface area contributed by atoms with Gasteiger partial charge in [0.25, 0.3) is 11.4 Å². The molecule has 0 atom stereocenters.